The van der Waals surface area contributed by atoms with Crippen LogP contribution in [0.4, 0.5) is 36.4 Å². The third-order valence-electron chi connectivity index (χ3n) is 2.33. The van der Waals surface area contributed by atoms with Crippen LogP contribution in [0.1, 0.15) is 12.0 Å². The minimum absolute atomic E-state index is 0.0274. The van der Waals surface area contributed by atoms with E-state index in [4.69, 9.17) is 0 Å². The summed E-state index contributed by atoms with van der Waals surface area (Å²) in [7, 11) is 0. The van der Waals surface area contributed by atoms with Gasteiger partial charge < -0.3 is 10.1 Å². The van der Waals surface area contributed by atoms with E-state index < -0.39 is 30.3 Å². The van der Waals surface area contributed by atoms with Gasteiger partial charge in [0.15, 0.2) is 0 Å². The van der Waals surface area contributed by atoms with Crippen LogP contribution in [0.3, 0.4) is 0 Å². The van der Waals surface area contributed by atoms with Crippen molar-refractivity contribution in [2.75, 3.05) is 25.1 Å². The minimum atomic E-state index is -4.81. The summed E-state index contributed by atoms with van der Waals surface area (Å²) >= 11 is 0. The maximum absolute atomic E-state index is 13.0. The van der Waals surface area contributed by atoms with E-state index in [0.717, 1.165) is 6.07 Å². The Labute approximate surface area is 115 Å². The van der Waals surface area contributed by atoms with Crippen molar-refractivity contribution in [3.8, 4) is 0 Å². The monoisotopic (exact) mass is 319 g/mol. The van der Waals surface area contributed by atoms with Crippen molar-refractivity contribution >= 4 is 5.69 Å². The van der Waals surface area contributed by atoms with Crippen LogP contribution >= 0.6 is 0 Å². The summed E-state index contributed by atoms with van der Waals surface area (Å²) in [4.78, 5) is 0. The van der Waals surface area contributed by atoms with Gasteiger partial charge in [-0.1, -0.05) is 0 Å². The lowest BCUT2D eigenvalue weighted by Gasteiger charge is -2.12. The van der Waals surface area contributed by atoms with Gasteiger partial charge in [-0.2, -0.15) is 26.3 Å². The summed E-state index contributed by atoms with van der Waals surface area (Å²) < 4.78 is 89.8. The molecule has 0 aliphatic heterocycles. The van der Waals surface area contributed by atoms with Crippen LogP contribution < -0.4 is 5.32 Å². The van der Waals surface area contributed by atoms with Gasteiger partial charge in [0.2, 0.25) is 0 Å². The summed E-state index contributed by atoms with van der Waals surface area (Å²) in [5.41, 5.74) is -1.37. The zero-order chi connectivity index (χ0) is 16.1. The van der Waals surface area contributed by atoms with E-state index in [9.17, 15) is 30.7 Å². The first-order valence-electron chi connectivity index (χ1n) is 5.85. The fraction of sp³-hybridized carbons (Fsp3) is 0.500. The molecule has 1 N–H and O–H groups in total. The average molecular weight is 319 g/mol. The maximum Gasteiger partial charge on any atom is 0.419 e. The molecule has 1 aromatic carbocycles. The van der Waals surface area contributed by atoms with E-state index in [-0.39, 0.29) is 25.3 Å². The van der Waals surface area contributed by atoms with Gasteiger partial charge in [-0.3, -0.25) is 0 Å². The Morgan fingerprint density at radius 1 is 1.05 bits per heavy atom. The van der Waals surface area contributed by atoms with Crippen molar-refractivity contribution in [3.63, 3.8) is 0 Å². The molecule has 0 bridgehead atoms. The van der Waals surface area contributed by atoms with Crippen LogP contribution in [0.2, 0.25) is 0 Å². The molecule has 0 saturated carbocycles. The molecule has 0 radical (unpaired) electrons. The molecule has 0 aliphatic rings. The van der Waals surface area contributed by atoms with Crippen molar-refractivity contribution < 1.29 is 35.5 Å². The molecule has 0 aliphatic carbocycles. The topological polar surface area (TPSA) is 21.3 Å². The number of alkyl halides is 6. The van der Waals surface area contributed by atoms with Crippen LogP contribution in [-0.2, 0) is 10.9 Å². The molecule has 0 fully saturated rings. The molecule has 21 heavy (non-hydrogen) atoms. The van der Waals surface area contributed by atoms with Crippen molar-refractivity contribution in [2.24, 2.45) is 0 Å². The van der Waals surface area contributed by atoms with E-state index in [2.05, 4.69) is 10.1 Å². The van der Waals surface area contributed by atoms with Crippen molar-refractivity contribution in [3.05, 3.63) is 29.6 Å². The molecule has 0 amide bonds. The first kappa shape index (κ1) is 17.5. The predicted octanol–water partition coefficient (Wildman–Crippen LogP) is 4.23. The third-order valence-corrected chi connectivity index (χ3v) is 2.33. The Balaban J connectivity index is 2.40. The smallest absolute Gasteiger partial charge is 0.385 e. The zero-order valence-corrected chi connectivity index (χ0v) is 10.6. The molecular weight excluding hydrogens is 307 g/mol. The molecule has 120 valence electrons. The van der Waals surface area contributed by atoms with Crippen LogP contribution in [-0.4, -0.2) is 25.9 Å². The van der Waals surface area contributed by atoms with Crippen molar-refractivity contribution in [2.45, 2.75) is 18.8 Å². The predicted molar refractivity (Wildman–Crippen MR) is 61.4 cm³/mol. The van der Waals surface area contributed by atoms with E-state index in [1.807, 2.05) is 0 Å². The van der Waals surface area contributed by atoms with Crippen LogP contribution in [0.15, 0.2) is 18.2 Å². The molecule has 1 rings (SSSR count). The third kappa shape index (κ3) is 6.65. The highest BCUT2D eigenvalue weighted by Gasteiger charge is 2.34. The second-order valence-corrected chi connectivity index (χ2v) is 4.14. The maximum atomic E-state index is 13.0. The summed E-state index contributed by atoms with van der Waals surface area (Å²) in [5, 5.41) is 2.55. The van der Waals surface area contributed by atoms with E-state index >= 15 is 0 Å². The second-order valence-electron chi connectivity index (χ2n) is 4.14. The molecule has 2 nitrogen and oxygen atoms in total. The van der Waals surface area contributed by atoms with E-state index in [1.54, 1.807) is 0 Å². The number of rotatable bonds is 6. The summed E-state index contributed by atoms with van der Waals surface area (Å²) in [6, 6.07) is 2.39. The number of benzene rings is 1. The molecule has 0 unspecified atom stereocenters. The lowest BCUT2D eigenvalue weighted by Crippen LogP contribution is -2.18. The summed E-state index contributed by atoms with van der Waals surface area (Å²) in [6.45, 7) is -1.47. The van der Waals surface area contributed by atoms with Gasteiger partial charge in [-0.05, 0) is 24.6 Å². The number of anilines is 1. The van der Waals surface area contributed by atoms with Crippen LogP contribution in [0, 0.1) is 5.82 Å². The SMILES string of the molecule is Fc1ccc(NCCCOCC(F)(F)F)cc1C(F)(F)F. The highest BCUT2D eigenvalue weighted by molar-refractivity contribution is 5.47. The van der Waals surface area contributed by atoms with Gasteiger partial charge >= 0.3 is 12.4 Å². The van der Waals surface area contributed by atoms with Gasteiger partial charge in [0.05, 0.1) is 5.56 Å². The Morgan fingerprint density at radius 3 is 2.29 bits per heavy atom. The Morgan fingerprint density at radius 2 is 1.71 bits per heavy atom. The number of nitrogens with one attached hydrogen (secondary N) is 1. The number of halogens is 7. The molecular formula is C12H12F7NO. The first-order valence-corrected chi connectivity index (χ1v) is 5.85. The highest BCUT2D eigenvalue weighted by Crippen LogP contribution is 2.32. The summed E-state index contributed by atoms with van der Waals surface area (Å²) in [6.07, 6.45) is -9.06. The average Bonchev–Trinajstić information content (AvgIpc) is 2.32. The van der Waals surface area contributed by atoms with E-state index in [1.165, 1.54) is 0 Å². The number of hydrogen-bond acceptors (Lipinski definition) is 2. The molecule has 0 aromatic heterocycles. The quantitative estimate of drug-likeness (QED) is 0.626. The molecule has 0 heterocycles. The fourth-order valence-corrected chi connectivity index (χ4v) is 1.45. The zero-order valence-electron chi connectivity index (χ0n) is 10.6. The Hall–Kier alpha value is -1.51. The molecule has 9 heteroatoms. The Kier molecular flexibility index (Phi) is 5.82. The lowest BCUT2D eigenvalue weighted by atomic mass is 10.2. The van der Waals surface area contributed by atoms with Gasteiger partial charge in [0.1, 0.15) is 12.4 Å². The Bertz CT molecular complexity index is 456. The van der Waals surface area contributed by atoms with Gasteiger partial charge in [0.25, 0.3) is 0 Å². The lowest BCUT2D eigenvalue weighted by molar-refractivity contribution is -0.173. The largest absolute Gasteiger partial charge is 0.419 e. The molecule has 0 atom stereocenters. The molecule has 0 spiro atoms. The van der Waals surface area contributed by atoms with Gasteiger partial charge in [-0.25, -0.2) is 4.39 Å². The summed E-state index contributed by atoms with van der Waals surface area (Å²) in [5.74, 6) is -1.39. The number of hydrogen-bond donors (Lipinski definition) is 1. The molecule has 1 aromatic rings. The second kappa shape index (κ2) is 6.97. The standard InChI is InChI=1S/C12H12F7NO/c13-10-3-2-8(6-9(10)12(17,18)19)20-4-1-5-21-7-11(14,15)16/h2-3,6,20H,1,4-5,7H2. The van der Waals surface area contributed by atoms with Gasteiger partial charge in [-0.15, -0.1) is 0 Å². The van der Waals surface area contributed by atoms with Crippen molar-refractivity contribution in [1.29, 1.82) is 0 Å². The molecule has 0 saturated heterocycles. The van der Waals surface area contributed by atoms with Crippen LogP contribution in [0.5, 0.6) is 0 Å². The highest BCUT2D eigenvalue weighted by atomic mass is 19.4. The van der Waals surface area contributed by atoms with Crippen LogP contribution in [0.25, 0.3) is 0 Å². The number of ether oxygens (including phenoxy) is 1. The normalized spacial score (nSPS) is 12.5. The fourth-order valence-electron chi connectivity index (χ4n) is 1.45. The first-order chi connectivity index (χ1) is 9.59. The minimum Gasteiger partial charge on any atom is -0.385 e. The van der Waals surface area contributed by atoms with Gasteiger partial charge in [0, 0.05) is 18.8 Å². The van der Waals surface area contributed by atoms with Crippen molar-refractivity contribution in [1.82, 2.24) is 0 Å². The van der Waals surface area contributed by atoms with E-state index in [0.29, 0.717) is 12.1 Å².